The van der Waals surface area contributed by atoms with E-state index in [1.807, 2.05) is 0 Å². The second-order valence-corrected chi connectivity index (χ2v) is 8.97. The SMILES string of the molecule is CC(C)(C)OC(=O)NCCCCC(NC(=O)OC(C)(C)C)=C(O)ON1C(=O)CCC1=O. The largest absolute Gasteiger partial charge is 0.478 e. The minimum Gasteiger partial charge on any atom is -0.478 e. The number of amides is 4. The summed E-state index contributed by atoms with van der Waals surface area (Å²) in [7, 11) is 0. The Balaban J connectivity index is 2.70. The van der Waals surface area contributed by atoms with Crippen molar-refractivity contribution in [3.05, 3.63) is 11.6 Å². The van der Waals surface area contributed by atoms with Crippen LogP contribution in [0.1, 0.15) is 73.6 Å². The zero-order chi connectivity index (χ0) is 23.8. The van der Waals surface area contributed by atoms with Crippen LogP contribution in [0, 0.1) is 0 Å². The van der Waals surface area contributed by atoms with E-state index in [9.17, 15) is 24.3 Å². The summed E-state index contributed by atoms with van der Waals surface area (Å²) in [6.07, 6.45) is -0.369. The number of ether oxygens (including phenoxy) is 2. The Morgan fingerprint density at radius 2 is 1.45 bits per heavy atom. The summed E-state index contributed by atoms with van der Waals surface area (Å²) in [5.41, 5.74) is -1.44. The van der Waals surface area contributed by atoms with Crippen molar-refractivity contribution < 1.29 is 38.6 Å². The first-order chi connectivity index (χ1) is 14.2. The average Bonchev–Trinajstić information content (AvgIpc) is 2.89. The molecule has 0 aromatic heterocycles. The van der Waals surface area contributed by atoms with Gasteiger partial charge in [0.05, 0.1) is 0 Å². The highest BCUT2D eigenvalue weighted by atomic mass is 16.8. The highest BCUT2D eigenvalue weighted by Crippen LogP contribution is 2.18. The van der Waals surface area contributed by atoms with Crippen molar-refractivity contribution in [2.24, 2.45) is 0 Å². The zero-order valence-electron chi connectivity index (χ0n) is 19.0. The number of allylic oxidation sites excluding steroid dienone is 1. The fourth-order valence-electron chi connectivity index (χ4n) is 2.38. The molecule has 0 aromatic rings. The van der Waals surface area contributed by atoms with E-state index in [2.05, 4.69) is 10.6 Å². The van der Waals surface area contributed by atoms with Gasteiger partial charge in [0.1, 0.15) is 16.9 Å². The van der Waals surface area contributed by atoms with Crippen LogP contribution in [0.25, 0.3) is 0 Å². The molecule has 11 heteroatoms. The number of nitrogens with zero attached hydrogens (tertiary/aromatic N) is 1. The van der Waals surface area contributed by atoms with Crippen molar-refractivity contribution in [3.8, 4) is 0 Å². The number of hydrogen-bond acceptors (Lipinski definition) is 8. The van der Waals surface area contributed by atoms with Gasteiger partial charge in [-0.25, -0.2) is 9.59 Å². The van der Waals surface area contributed by atoms with Crippen LogP contribution in [0.3, 0.4) is 0 Å². The van der Waals surface area contributed by atoms with Crippen LogP contribution in [-0.2, 0) is 23.9 Å². The number of alkyl carbamates (subject to hydrolysis) is 2. The maximum absolute atomic E-state index is 12.1. The van der Waals surface area contributed by atoms with Crippen molar-refractivity contribution in [1.29, 1.82) is 0 Å². The van der Waals surface area contributed by atoms with Crippen molar-refractivity contribution in [3.63, 3.8) is 0 Å². The summed E-state index contributed by atoms with van der Waals surface area (Å²) < 4.78 is 10.3. The lowest BCUT2D eigenvalue weighted by Gasteiger charge is -2.21. The smallest absolute Gasteiger partial charge is 0.412 e. The van der Waals surface area contributed by atoms with E-state index in [-0.39, 0.29) is 25.0 Å². The van der Waals surface area contributed by atoms with Gasteiger partial charge in [-0.1, -0.05) is 0 Å². The standard InChI is InChI=1S/C20H33N3O8/c1-19(2,3)29-17(27)21-12-8-7-9-13(22-18(28)30-20(4,5)6)16(26)31-23-14(24)10-11-15(23)25/h26H,7-12H2,1-6H3,(H,21,27)(H,22,28). The monoisotopic (exact) mass is 443 g/mol. The molecule has 4 amide bonds. The third-order valence-electron chi connectivity index (χ3n) is 3.62. The lowest BCUT2D eigenvalue weighted by Crippen LogP contribution is -2.35. The van der Waals surface area contributed by atoms with Crippen LogP contribution in [-0.4, -0.2) is 51.9 Å². The third-order valence-corrected chi connectivity index (χ3v) is 3.62. The Hall–Kier alpha value is -2.98. The minimum atomic E-state index is -0.830. The fraction of sp³-hybridized carbons (Fsp3) is 0.700. The molecule has 11 nitrogen and oxygen atoms in total. The van der Waals surface area contributed by atoms with Gasteiger partial charge >= 0.3 is 18.1 Å². The molecule has 1 heterocycles. The molecule has 0 aromatic carbocycles. The average molecular weight is 443 g/mol. The number of hydrogen-bond donors (Lipinski definition) is 3. The molecule has 1 saturated heterocycles. The quantitative estimate of drug-likeness (QED) is 0.295. The minimum absolute atomic E-state index is 0.0166. The Morgan fingerprint density at radius 3 is 1.97 bits per heavy atom. The predicted molar refractivity (Wildman–Crippen MR) is 109 cm³/mol. The molecule has 0 aliphatic carbocycles. The number of unbranched alkanes of at least 4 members (excludes halogenated alkanes) is 1. The summed E-state index contributed by atoms with van der Waals surface area (Å²) in [5.74, 6) is -1.96. The van der Waals surface area contributed by atoms with E-state index in [0.29, 0.717) is 24.4 Å². The third kappa shape index (κ3) is 10.6. The second-order valence-electron chi connectivity index (χ2n) is 8.97. The predicted octanol–water partition coefficient (Wildman–Crippen LogP) is 3.01. The number of nitrogens with one attached hydrogen (secondary N) is 2. The normalized spacial score (nSPS) is 15.4. The molecule has 1 fully saturated rings. The first kappa shape index (κ1) is 26.1. The van der Waals surface area contributed by atoms with Gasteiger partial charge in [0.2, 0.25) is 0 Å². The number of imide groups is 1. The van der Waals surface area contributed by atoms with E-state index >= 15 is 0 Å². The van der Waals surface area contributed by atoms with Crippen LogP contribution in [0.15, 0.2) is 11.6 Å². The van der Waals surface area contributed by atoms with Gasteiger partial charge in [-0.15, -0.1) is 5.06 Å². The summed E-state index contributed by atoms with van der Waals surface area (Å²) in [6, 6.07) is 0. The molecular formula is C20H33N3O8. The zero-order valence-corrected chi connectivity index (χ0v) is 19.0. The Labute approximate surface area is 182 Å². The van der Waals surface area contributed by atoms with Gasteiger partial charge in [-0.3, -0.25) is 14.9 Å². The molecule has 0 spiro atoms. The number of carbonyl (C=O) groups is 4. The van der Waals surface area contributed by atoms with Crippen molar-refractivity contribution >= 4 is 24.0 Å². The van der Waals surface area contributed by atoms with Gasteiger partial charge < -0.3 is 24.7 Å². The summed E-state index contributed by atoms with van der Waals surface area (Å²) in [4.78, 5) is 52.1. The Bertz CT molecular complexity index is 703. The second kappa shape index (κ2) is 10.9. The van der Waals surface area contributed by atoms with Gasteiger partial charge in [0.15, 0.2) is 0 Å². The molecule has 3 N–H and O–H groups in total. The molecule has 0 bridgehead atoms. The van der Waals surface area contributed by atoms with E-state index in [4.69, 9.17) is 14.3 Å². The fourth-order valence-corrected chi connectivity index (χ4v) is 2.38. The van der Waals surface area contributed by atoms with Crippen LogP contribution >= 0.6 is 0 Å². The molecule has 1 rings (SSSR count). The van der Waals surface area contributed by atoms with Crippen molar-refractivity contribution in [1.82, 2.24) is 15.7 Å². The number of carbonyl (C=O) groups excluding carboxylic acids is 4. The Kier molecular flexibility index (Phi) is 9.14. The highest BCUT2D eigenvalue weighted by molar-refractivity contribution is 6.00. The summed E-state index contributed by atoms with van der Waals surface area (Å²) in [6.45, 7) is 10.6. The molecule has 1 aliphatic rings. The number of aliphatic hydroxyl groups excluding tert-OH is 1. The molecule has 31 heavy (non-hydrogen) atoms. The molecule has 0 saturated carbocycles. The first-order valence-electron chi connectivity index (χ1n) is 10.1. The summed E-state index contributed by atoms with van der Waals surface area (Å²) in [5, 5.41) is 15.7. The van der Waals surface area contributed by atoms with Crippen LogP contribution in [0.2, 0.25) is 0 Å². The lowest BCUT2D eigenvalue weighted by molar-refractivity contribution is -0.187. The van der Waals surface area contributed by atoms with Gasteiger partial charge in [0, 0.05) is 19.4 Å². The maximum atomic E-state index is 12.1. The summed E-state index contributed by atoms with van der Waals surface area (Å²) >= 11 is 0. The number of rotatable bonds is 8. The van der Waals surface area contributed by atoms with E-state index in [0.717, 1.165) is 0 Å². The van der Waals surface area contributed by atoms with Crippen molar-refractivity contribution in [2.75, 3.05) is 6.54 Å². The molecular weight excluding hydrogens is 410 g/mol. The number of hydroxylamine groups is 2. The van der Waals surface area contributed by atoms with Gasteiger partial charge in [-0.2, -0.15) is 0 Å². The highest BCUT2D eigenvalue weighted by Gasteiger charge is 2.33. The van der Waals surface area contributed by atoms with Crippen LogP contribution in [0.4, 0.5) is 9.59 Å². The van der Waals surface area contributed by atoms with E-state index in [1.165, 1.54) is 0 Å². The molecule has 0 radical (unpaired) electrons. The molecule has 0 unspecified atom stereocenters. The molecule has 176 valence electrons. The van der Waals surface area contributed by atoms with E-state index < -0.39 is 41.1 Å². The molecule has 1 aliphatic heterocycles. The van der Waals surface area contributed by atoms with Crippen LogP contribution in [0.5, 0.6) is 0 Å². The molecule has 0 atom stereocenters. The van der Waals surface area contributed by atoms with Gasteiger partial charge in [0.25, 0.3) is 11.8 Å². The topological polar surface area (TPSA) is 144 Å². The number of aliphatic hydroxyl groups is 1. The Morgan fingerprint density at radius 1 is 0.935 bits per heavy atom. The van der Waals surface area contributed by atoms with Crippen molar-refractivity contribution in [2.45, 2.75) is 84.8 Å². The van der Waals surface area contributed by atoms with E-state index in [1.54, 1.807) is 41.5 Å². The van der Waals surface area contributed by atoms with Gasteiger partial charge in [-0.05, 0) is 60.8 Å². The first-order valence-corrected chi connectivity index (χ1v) is 10.1. The maximum Gasteiger partial charge on any atom is 0.412 e. The van der Waals surface area contributed by atoms with Crippen LogP contribution < -0.4 is 10.6 Å². The lowest BCUT2D eigenvalue weighted by atomic mass is 10.2.